The van der Waals surface area contributed by atoms with Crippen LogP contribution < -0.4 is 4.90 Å². The molecule has 0 N–H and O–H groups in total. The predicted octanol–water partition coefficient (Wildman–Crippen LogP) is 3.33. The molecule has 108 valence electrons. The van der Waals surface area contributed by atoms with Gasteiger partial charge in [-0.2, -0.15) is 13.2 Å². The molecule has 0 saturated heterocycles. The molecule has 1 heterocycles. The summed E-state index contributed by atoms with van der Waals surface area (Å²) >= 11 is 0. The van der Waals surface area contributed by atoms with Gasteiger partial charge in [-0.05, 0) is 30.9 Å². The number of alkyl halides is 3. The number of halogens is 3. The molecular formula is C14H15F3N2O. The minimum atomic E-state index is -4.45. The van der Waals surface area contributed by atoms with Crippen molar-refractivity contribution in [1.82, 2.24) is 4.98 Å². The number of amides is 1. The Balaban J connectivity index is 2.13. The third-order valence-corrected chi connectivity index (χ3v) is 3.11. The Morgan fingerprint density at radius 1 is 1.40 bits per heavy atom. The number of aromatic nitrogens is 1. The average molecular weight is 284 g/mol. The largest absolute Gasteiger partial charge is 0.406 e. The first-order valence-electron chi connectivity index (χ1n) is 6.40. The number of anilines is 1. The van der Waals surface area contributed by atoms with E-state index in [1.54, 1.807) is 12.1 Å². The van der Waals surface area contributed by atoms with Crippen LogP contribution in [0.3, 0.4) is 0 Å². The molecule has 1 aromatic heterocycles. The van der Waals surface area contributed by atoms with Gasteiger partial charge in [-0.25, -0.2) is 4.98 Å². The van der Waals surface area contributed by atoms with E-state index in [2.05, 4.69) is 4.98 Å². The highest BCUT2D eigenvalue weighted by atomic mass is 19.4. The number of rotatable bonds is 4. The summed E-state index contributed by atoms with van der Waals surface area (Å²) in [6.07, 6.45) is 2.55. The minimum Gasteiger partial charge on any atom is -0.288 e. The van der Waals surface area contributed by atoms with Crippen LogP contribution in [0.25, 0.3) is 0 Å². The number of nitrogens with zero attached hydrogens (tertiary/aromatic N) is 2. The highest BCUT2D eigenvalue weighted by molar-refractivity contribution is 5.92. The van der Waals surface area contributed by atoms with E-state index in [1.807, 2.05) is 12.2 Å². The van der Waals surface area contributed by atoms with Crippen molar-refractivity contribution in [3.63, 3.8) is 0 Å². The van der Waals surface area contributed by atoms with Crippen molar-refractivity contribution in [2.24, 2.45) is 5.92 Å². The number of hydrogen-bond donors (Lipinski definition) is 0. The summed E-state index contributed by atoms with van der Waals surface area (Å²) in [6, 6.07) is 4.57. The van der Waals surface area contributed by atoms with Crippen molar-refractivity contribution in [1.29, 1.82) is 0 Å². The Hall–Kier alpha value is -1.85. The number of allylic oxidation sites excluding steroid dienone is 2. The molecule has 6 heteroatoms. The van der Waals surface area contributed by atoms with Crippen LogP contribution in [0.15, 0.2) is 36.5 Å². The quantitative estimate of drug-likeness (QED) is 0.795. The van der Waals surface area contributed by atoms with Crippen LogP contribution in [0, 0.1) is 5.92 Å². The van der Waals surface area contributed by atoms with Gasteiger partial charge in [0, 0.05) is 12.6 Å². The van der Waals surface area contributed by atoms with E-state index in [4.69, 9.17) is 0 Å². The molecule has 0 radical (unpaired) electrons. The first kappa shape index (κ1) is 14.6. The number of pyridine rings is 1. The highest BCUT2D eigenvalue weighted by Crippen LogP contribution is 2.25. The van der Waals surface area contributed by atoms with Gasteiger partial charge in [-0.1, -0.05) is 18.2 Å². The zero-order valence-electron chi connectivity index (χ0n) is 10.8. The second-order valence-electron chi connectivity index (χ2n) is 4.75. The lowest BCUT2D eigenvalue weighted by Crippen LogP contribution is -2.40. The van der Waals surface area contributed by atoms with Gasteiger partial charge < -0.3 is 0 Å². The highest BCUT2D eigenvalue weighted by Gasteiger charge is 2.34. The SMILES string of the molecule is O=C(C[C@H]1C=CCC1)N(CC(F)(F)F)c1ccccn1. The van der Waals surface area contributed by atoms with Gasteiger partial charge in [0.05, 0.1) is 0 Å². The van der Waals surface area contributed by atoms with E-state index in [1.165, 1.54) is 12.3 Å². The zero-order valence-corrected chi connectivity index (χ0v) is 10.8. The number of hydrogen-bond acceptors (Lipinski definition) is 2. The van der Waals surface area contributed by atoms with Crippen molar-refractivity contribution >= 4 is 11.7 Å². The topological polar surface area (TPSA) is 33.2 Å². The molecule has 0 aromatic carbocycles. The molecule has 1 aliphatic carbocycles. The molecule has 0 spiro atoms. The fraction of sp³-hybridized carbons (Fsp3) is 0.429. The lowest BCUT2D eigenvalue weighted by Gasteiger charge is -2.24. The maximum absolute atomic E-state index is 12.6. The van der Waals surface area contributed by atoms with Gasteiger partial charge >= 0.3 is 6.18 Å². The van der Waals surface area contributed by atoms with Crippen LogP contribution in [-0.2, 0) is 4.79 Å². The third-order valence-electron chi connectivity index (χ3n) is 3.11. The Bertz CT molecular complexity index is 485. The van der Waals surface area contributed by atoms with Crippen molar-refractivity contribution < 1.29 is 18.0 Å². The molecule has 1 amide bonds. The van der Waals surface area contributed by atoms with Crippen LogP contribution >= 0.6 is 0 Å². The standard InChI is InChI=1S/C14H15F3N2O/c15-14(16,17)10-19(12-7-3-4-8-18-12)13(20)9-11-5-1-2-6-11/h1,3-5,7-8,11H,2,6,9-10H2/t11-/m0/s1. The van der Waals surface area contributed by atoms with Gasteiger partial charge in [0.2, 0.25) is 5.91 Å². The first-order chi connectivity index (χ1) is 9.46. The molecule has 0 bridgehead atoms. The van der Waals surface area contributed by atoms with Crippen LogP contribution in [0.1, 0.15) is 19.3 Å². The van der Waals surface area contributed by atoms with E-state index in [0.29, 0.717) is 4.90 Å². The Labute approximate surface area is 115 Å². The zero-order chi connectivity index (χ0) is 14.6. The van der Waals surface area contributed by atoms with E-state index in [-0.39, 0.29) is 18.2 Å². The van der Waals surface area contributed by atoms with E-state index < -0.39 is 18.6 Å². The molecule has 0 fully saturated rings. The van der Waals surface area contributed by atoms with Crippen molar-refractivity contribution in [3.05, 3.63) is 36.5 Å². The van der Waals surface area contributed by atoms with E-state index in [9.17, 15) is 18.0 Å². The molecule has 20 heavy (non-hydrogen) atoms. The van der Waals surface area contributed by atoms with Gasteiger partial charge in [0.15, 0.2) is 0 Å². The summed E-state index contributed by atoms with van der Waals surface area (Å²) in [5, 5.41) is 0. The molecule has 1 atom stereocenters. The van der Waals surface area contributed by atoms with Gasteiger partial charge in [-0.15, -0.1) is 0 Å². The molecule has 0 aliphatic heterocycles. The summed E-state index contributed by atoms with van der Waals surface area (Å²) < 4.78 is 37.9. The van der Waals surface area contributed by atoms with Crippen LogP contribution in [-0.4, -0.2) is 23.6 Å². The van der Waals surface area contributed by atoms with E-state index in [0.717, 1.165) is 12.8 Å². The van der Waals surface area contributed by atoms with E-state index >= 15 is 0 Å². The Morgan fingerprint density at radius 2 is 2.20 bits per heavy atom. The maximum atomic E-state index is 12.6. The van der Waals surface area contributed by atoms with Crippen molar-refractivity contribution in [2.75, 3.05) is 11.4 Å². The van der Waals surface area contributed by atoms with Crippen LogP contribution in [0.4, 0.5) is 19.0 Å². The lowest BCUT2D eigenvalue weighted by atomic mass is 10.0. The van der Waals surface area contributed by atoms with Crippen molar-refractivity contribution in [3.8, 4) is 0 Å². The molecule has 3 nitrogen and oxygen atoms in total. The summed E-state index contributed by atoms with van der Waals surface area (Å²) in [6.45, 7) is -1.31. The molecule has 1 aromatic rings. The Morgan fingerprint density at radius 3 is 2.75 bits per heavy atom. The molecule has 0 unspecified atom stereocenters. The molecule has 1 aliphatic rings. The first-order valence-corrected chi connectivity index (χ1v) is 6.40. The van der Waals surface area contributed by atoms with Crippen LogP contribution in [0.5, 0.6) is 0 Å². The summed E-state index contributed by atoms with van der Waals surface area (Å²) in [7, 11) is 0. The fourth-order valence-corrected chi connectivity index (χ4v) is 2.19. The number of carbonyl (C=O) groups excluding carboxylic acids is 1. The predicted molar refractivity (Wildman–Crippen MR) is 69.1 cm³/mol. The number of carbonyl (C=O) groups is 1. The molecule has 2 rings (SSSR count). The second-order valence-corrected chi connectivity index (χ2v) is 4.75. The van der Waals surface area contributed by atoms with Crippen molar-refractivity contribution in [2.45, 2.75) is 25.4 Å². The summed E-state index contributed by atoms with van der Waals surface area (Å²) in [5.74, 6) is -0.476. The minimum absolute atomic E-state index is 0.0296. The fourth-order valence-electron chi connectivity index (χ4n) is 2.19. The van der Waals surface area contributed by atoms with Gasteiger partial charge in [0.25, 0.3) is 0 Å². The summed E-state index contributed by atoms with van der Waals surface area (Å²) in [5.41, 5.74) is 0. The molecular weight excluding hydrogens is 269 g/mol. The lowest BCUT2D eigenvalue weighted by molar-refractivity contribution is -0.132. The Kier molecular flexibility index (Phi) is 4.42. The monoisotopic (exact) mass is 284 g/mol. The second kappa shape index (κ2) is 6.07. The smallest absolute Gasteiger partial charge is 0.288 e. The molecule has 0 saturated carbocycles. The third kappa shape index (κ3) is 4.08. The van der Waals surface area contributed by atoms with Gasteiger partial charge in [-0.3, -0.25) is 9.69 Å². The summed E-state index contributed by atoms with van der Waals surface area (Å²) in [4.78, 5) is 16.7. The van der Waals surface area contributed by atoms with Gasteiger partial charge in [0.1, 0.15) is 12.4 Å². The average Bonchev–Trinajstić information content (AvgIpc) is 2.89. The normalized spacial score (nSPS) is 18.2. The maximum Gasteiger partial charge on any atom is 0.406 e. The van der Waals surface area contributed by atoms with Crippen LogP contribution in [0.2, 0.25) is 0 Å².